The van der Waals surface area contributed by atoms with Crippen LogP contribution in [0.25, 0.3) is 0 Å². The molecular formula is C11H12F3N. The van der Waals surface area contributed by atoms with E-state index in [1.807, 2.05) is 6.92 Å². The molecule has 1 aliphatic heterocycles. The molecule has 1 aromatic rings. The number of hydrogen-bond donors (Lipinski definition) is 1. The molecule has 0 saturated carbocycles. The lowest BCUT2D eigenvalue weighted by molar-refractivity contribution is -0.138. The van der Waals surface area contributed by atoms with E-state index in [1.165, 1.54) is 12.1 Å². The molecule has 82 valence electrons. The van der Waals surface area contributed by atoms with E-state index in [-0.39, 0.29) is 0 Å². The quantitative estimate of drug-likeness (QED) is 0.699. The van der Waals surface area contributed by atoms with Crippen molar-refractivity contribution >= 4 is 5.69 Å². The normalized spacial score (nSPS) is 15.7. The number of hydrogen-bond acceptors (Lipinski definition) is 1. The summed E-state index contributed by atoms with van der Waals surface area (Å²) in [5, 5.41) is 3.04. The Balaban J connectivity index is 2.58. The van der Waals surface area contributed by atoms with Gasteiger partial charge in [-0.3, -0.25) is 0 Å². The van der Waals surface area contributed by atoms with Crippen molar-refractivity contribution < 1.29 is 13.2 Å². The first kappa shape index (κ1) is 10.3. The van der Waals surface area contributed by atoms with E-state index in [1.54, 1.807) is 0 Å². The zero-order valence-corrected chi connectivity index (χ0v) is 8.41. The number of alkyl halides is 3. The highest BCUT2D eigenvalue weighted by atomic mass is 19.4. The summed E-state index contributed by atoms with van der Waals surface area (Å²) in [7, 11) is 0. The molecule has 0 bridgehead atoms. The van der Waals surface area contributed by atoms with Gasteiger partial charge in [-0.1, -0.05) is 6.07 Å². The summed E-state index contributed by atoms with van der Waals surface area (Å²) in [6.07, 6.45) is -2.96. The van der Waals surface area contributed by atoms with E-state index in [0.29, 0.717) is 17.7 Å². The fraction of sp³-hybridized carbons (Fsp3) is 0.455. The Hall–Kier alpha value is -1.19. The number of aryl methyl sites for hydroxylation is 1. The zero-order valence-electron chi connectivity index (χ0n) is 8.41. The number of rotatable bonds is 0. The molecule has 1 aromatic carbocycles. The zero-order chi connectivity index (χ0) is 11.1. The maximum absolute atomic E-state index is 12.7. The van der Waals surface area contributed by atoms with Gasteiger partial charge in [-0.25, -0.2) is 0 Å². The SMILES string of the molecule is Cc1ccc(C(F)(F)F)c2c1NCCC2. The summed E-state index contributed by atoms with van der Waals surface area (Å²) >= 11 is 0. The van der Waals surface area contributed by atoms with Crippen LogP contribution in [0.15, 0.2) is 12.1 Å². The number of anilines is 1. The highest BCUT2D eigenvalue weighted by Gasteiger charge is 2.34. The van der Waals surface area contributed by atoms with Crippen LogP contribution in [-0.4, -0.2) is 6.54 Å². The molecule has 4 heteroatoms. The molecule has 2 rings (SSSR count). The third kappa shape index (κ3) is 1.80. The van der Waals surface area contributed by atoms with Gasteiger partial charge in [-0.05, 0) is 37.0 Å². The molecule has 0 saturated heterocycles. The average Bonchev–Trinajstić information content (AvgIpc) is 2.17. The van der Waals surface area contributed by atoms with Crippen molar-refractivity contribution in [3.05, 3.63) is 28.8 Å². The Morgan fingerprint density at radius 1 is 1.27 bits per heavy atom. The van der Waals surface area contributed by atoms with Crippen molar-refractivity contribution in [3.8, 4) is 0 Å². The third-order valence-corrected chi connectivity index (χ3v) is 2.73. The van der Waals surface area contributed by atoms with Gasteiger partial charge < -0.3 is 5.32 Å². The van der Waals surface area contributed by atoms with Crippen LogP contribution in [0.1, 0.15) is 23.1 Å². The predicted molar refractivity (Wildman–Crippen MR) is 53.0 cm³/mol. The molecule has 15 heavy (non-hydrogen) atoms. The Kier molecular flexibility index (Phi) is 2.37. The summed E-state index contributed by atoms with van der Waals surface area (Å²) in [5.41, 5.74) is 1.50. The minimum atomic E-state index is -4.24. The minimum absolute atomic E-state index is 0.425. The number of benzene rings is 1. The van der Waals surface area contributed by atoms with E-state index in [2.05, 4.69) is 5.32 Å². The van der Waals surface area contributed by atoms with Crippen LogP contribution in [0.4, 0.5) is 18.9 Å². The van der Waals surface area contributed by atoms with E-state index in [9.17, 15) is 13.2 Å². The molecule has 1 heterocycles. The lowest BCUT2D eigenvalue weighted by Gasteiger charge is -2.24. The standard InChI is InChI=1S/C11H12F3N/c1-7-4-5-9(11(12,13)14)8-3-2-6-15-10(7)8/h4-5,15H,2-3,6H2,1H3. The summed E-state index contributed by atoms with van der Waals surface area (Å²) in [4.78, 5) is 0. The Labute approximate surface area is 86.3 Å². The van der Waals surface area contributed by atoms with E-state index < -0.39 is 11.7 Å². The average molecular weight is 215 g/mol. The fourth-order valence-electron chi connectivity index (χ4n) is 2.01. The second-order valence-electron chi connectivity index (χ2n) is 3.81. The van der Waals surface area contributed by atoms with Crippen LogP contribution < -0.4 is 5.32 Å². The molecule has 0 aliphatic carbocycles. The van der Waals surface area contributed by atoms with Gasteiger partial charge in [0.15, 0.2) is 0 Å². The van der Waals surface area contributed by atoms with Crippen LogP contribution >= 0.6 is 0 Å². The second-order valence-corrected chi connectivity index (χ2v) is 3.81. The predicted octanol–water partition coefficient (Wildman–Crippen LogP) is 3.37. The van der Waals surface area contributed by atoms with Gasteiger partial charge >= 0.3 is 6.18 Å². The van der Waals surface area contributed by atoms with Gasteiger partial charge in [0, 0.05) is 12.2 Å². The van der Waals surface area contributed by atoms with Crippen molar-refractivity contribution in [1.29, 1.82) is 0 Å². The van der Waals surface area contributed by atoms with Crippen LogP contribution in [-0.2, 0) is 12.6 Å². The monoisotopic (exact) mass is 215 g/mol. The van der Waals surface area contributed by atoms with E-state index in [0.717, 1.165) is 18.5 Å². The molecule has 0 unspecified atom stereocenters. The van der Waals surface area contributed by atoms with Crippen LogP contribution in [0.3, 0.4) is 0 Å². The molecular weight excluding hydrogens is 203 g/mol. The second kappa shape index (κ2) is 3.43. The molecule has 0 atom stereocenters. The van der Waals surface area contributed by atoms with Gasteiger partial charge in [0.1, 0.15) is 0 Å². The first-order chi connectivity index (χ1) is 7.00. The Morgan fingerprint density at radius 2 is 2.00 bits per heavy atom. The maximum Gasteiger partial charge on any atom is 0.416 e. The molecule has 1 N–H and O–H groups in total. The van der Waals surface area contributed by atoms with Gasteiger partial charge in [0.2, 0.25) is 0 Å². The van der Waals surface area contributed by atoms with Gasteiger partial charge in [-0.15, -0.1) is 0 Å². The van der Waals surface area contributed by atoms with Crippen LogP contribution in [0.5, 0.6) is 0 Å². The minimum Gasteiger partial charge on any atom is -0.385 e. The molecule has 0 radical (unpaired) electrons. The molecule has 1 nitrogen and oxygen atoms in total. The highest BCUT2D eigenvalue weighted by Crippen LogP contribution is 2.38. The Morgan fingerprint density at radius 3 is 2.67 bits per heavy atom. The van der Waals surface area contributed by atoms with Crippen molar-refractivity contribution in [1.82, 2.24) is 0 Å². The maximum atomic E-state index is 12.7. The fourth-order valence-corrected chi connectivity index (χ4v) is 2.01. The molecule has 0 spiro atoms. The highest BCUT2D eigenvalue weighted by molar-refractivity contribution is 5.62. The van der Waals surface area contributed by atoms with Gasteiger partial charge in [0.05, 0.1) is 5.56 Å². The molecule has 0 fully saturated rings. The summed E-state index contributed by atoms with van der Waals surface area (Å²) in [6, 6.07) is 2.71. The summed E-state index contributed by atoms with van der Waals surface area (Å²) < 4.78 is 38.0. The van der Waals surface area contributed by atoms with Crippen molar-refractivity contribution in [3.63, 3.8) is 0 Å². The number of nitrogens with one attached hydrogen (secondary N) is 1. The van der Waals surface area contributed by atoms with E-state index in [4.69, 9.17) is 0 Å². The third-order valence-electron chi connectivity index (χ3n) is 2.73. The lowest BCUT2D eigenvalue weighted by atomic mass is 9.94. The number of halogens is 3. The van der Waals surface area contributed by atoms with Gasteiger partial charge in [-0.2, -0.15) is 13.2 Å². The van der Waals surface area contributed by atoms with Crippen LogP contribution in [0.2, 0.25) is 0 Å². The number of fused-ring (bicyclic) bond motifs is 1. The summed E-state index contributed by atoms with van der Waals surface area (Å²) in [5.74, 6) is 0. The lowest BCUT2D eigenvalue weighted by Crippen LogP contribution is -2.18. The van der Waals surface area contributed by atoms with Crippen molar-refractivity contribution in [2.24, 2.45) is 0 Å². The van der Waals surface area contributed by atoms with Gasteiger partial charge in [0.25, 0.3) is 0 Å². The first-order valence-corrected chi connectivity index (χ1v) is 4.93. The summed E-state index contributed by atoms with van der Waals surface area (Å²) in [6.45, 7) is 2.59. The Bertz CT molecular complexity index is 382. The molecule has 0 aromatic heterocycles. The first-order valence-electron chi connectivity index (χ1n) is 4.93. The largest absolute Gasteiger partial charge is 0.416 e. The van der Waals surface area contributed by atoms with E-state index >= 15 is 0 Å². The topological polar surface area (TPSA) is 12.0 Å². The smallest absolute Gasteiger partial charge is 0.385 e. The molecule has 0 amide bonds. The van der Waals surface area contributed by atoms with Crippen LogP contribution in [0, 0.1) is 6.92 Å². The molecule has 1 aliphatic rings. The van der Waals surface area contributed by atoms with Crippen molar-refractivity contribution in [2.45, 2.75) is 25.9 Å². The van der Waals surface area contributed by atoms with Crippen molar-refractivity contribution in [2.75, 3.05) is 11.9 Å².